The number of benzene rings is 1. The van der Waals surface area contributed by atoms with E-state index in [1.165, 1.54) is 12.3 Å². The summed E-state index contributed by atoms with van der Waals surface area (Å²) >= 11 is 0. The topological polar surface area (TPSA) is 68.7 Å². The van der Waals surface area contributed by atoms with Crippen LogP contribution in [-0.4, -0.2) is 30.3 Å². The van der Waals surface area contributed by atoms with Crippen LogP contribution in [0.3, 0.4) is 0 Å². The third kappa shape index (κ3) is 2.65. The van der Waals surface area contributed by atoms with Crippen LogP contribution in [-0.2, 0) is 0 Å². The zero-order chi connectivity index (χ0) is 13.8. The van der Waals surface area contributed by atoms with Crippen molar-refractivity contribution in [1.29, 1.82) is 0 Å². The average Bonchev–Trinajstić information content (AvgIpc) is 2.46. The number of carboxylic acids is 1. The van der Waals surface area contributed by atoms with Crippen LogP contribution >= 0.6 is 0 Å². The van der Waals surface area contributed by atoms with Gasteiger partial charge in [0.05, 0.1) is 25.5 Å². The molecule has 5 heteroatoms. The van der Waals surface area contributed by atoms with Crippen LogP contribution in [0.2, 0.25) is 0 Å². The van der Waals surface area contributed by atoms with Crippen LogP contribution < -0.4 is 9.47 Å². The molecule has 0 saturated carbocycles. The van der Waals surface area contributed by atoms with Gasteiger partial charge in [0, 0.05) is 17.8 Å². The normalized spacial score (nSPS) is 10.0. The van der Waals surface area contributed by atoms with Gasteiger partial charge in [-0.2, -0.15) is 0 Å². The molecule has 1 aromatic heterocycles. The molecule has 5 nitrogen and oxygen atoms in total. The van der Waals surface area contributed by atoms with E-state index < -0.39 is 5.97 Å². The van der Waals surface area contributed by atoms with Gasteiger partial charge in [0.2, 0.25) is 0 Å². The summed E-state index contributed by atoms with van der Waals surface area (Å²) in [6.07, 6.45) is 1.32. The van der Waals surface area contributed by atoms with Gasteiger partial charge in [-0.25, -0.2) is 4.79 Å². The van der Waals surface area contributed by atoms with Crippen LogP contribution in [0, 0.1) is 0 Å². The first-order chi connectivity index (χ1) is 9.15. The number of aromatic carboxylic acids is 1. The molecular weight excluding hydrogens is 246 g/mol. The fourth-order valence-electron chi connectivity index (χ4n) is 1.69. The van der Waals surface area contributed by atoms with Crippen LogP contribution in [0.15, 0.2) is 36.5 Å². The first-order valence-electron chi connectivity index (χ1n) is 5.57. The molecule has 0 aliphatic rings. The minimum atomic E-state index is -0.999. The van der Waals surface area contributed by atoms with Gasteiger partial charge in [-0.05, 0) is 24.3 Å². The van der Waals surface area contributed by atoms with Gasteiger partial charge < -0.3 is 14.6 Å². The maximum atomic E-state index is 10.8. The highest BCUT2D eigenvalue weighted by Gasteiger charge is 2.10. The Hall–Kier alpha value is -2.56. The van der Waals surface area contributed by atoms with E-state index in [9.17, 15) is 4.79 Å². The zero-order valence-corrected chi connectivity index (χ0v) is 10.6. The summed E-state index contributed by atoms with van der Waals surface area (Å²) in [5, 5.41) is 8.83. The van der Waals surface area contributed by atoms with E-state index in [2.05, 4.69) is 4.98 Å². The van der Waals surface area contributed by atoms with E-state index in [1.54, 1.807) is 32.4 Å². The number of nitrogens with zero attached hydrogens (tertiary/aromatic N) is 1. The Morgan fingerprint density at radius 2 is 1.95 bits per heavy atom. The second-order valence-electron chi connectivity index (χ2n) is 3.80. The Kier molecular flexibility index (Phi) is 3.66. The van der Waals surface area contributed by atoms with E-state index in [-0.39, 0.29) is 5.56 Å². The number of rotatable bonds is 4. The molecule has 0 atom stereocenters. The van der Waals surface area contributed by atoms with Gasteiger partial charge in [-0.3, -0.25) is 4.98 Å². The molecule has 98 valence electrons. The smallest absolute Gasteiger partial charge is 0.337 e. The number of methoxy groups -OCH3 is 2. The molecular formula is C14H13NO4. The Balaban J connectivity index is 2.43. The van der Waals surface area contributed by atoms with Crippen molar-refractivity contribution in [3.05, 3.63) is 42.1 Å². The van der Waals surface area contributed by atoms with Crippen molar-refractivity contribution in [1.82, 2.24) is 4.98 Å². The summed E-state index contributed by atoms with van der Waals surface area (Å²) in [5.74, 6) is 0.304. The average molecular weight is 259 g/mol. The Morgan fingerprint density at radius 1 is 1.16 bits per heavy atom. The van der Waals surface area contributed by atoms with Crippen LogP contribution in [0.4, 0.5) is 0 Å². The molecule has 0 spiro atoms. The quantitative estimate of drug-likeness (QED) is 0.913. The van der Waals surface area contributed by atoms with Gasteiger partial charge in [0.25, 0.3) is 0 Å². The lowest BCUT2D eigenvalue weighted by molar-refractivity contribution is 0.0696. The number of carboxylic acid groups (broad SMARTS) is 1. The predicted octanol–water partition coefficient (Wildman–Crippen LogP) is 2.46. The zero-order valence-electron chi connectivity index (χ0n) is 10.6. The van der Waals surface area contributed by atoms with Crippen LogP contribution in [0.1, 0.15) is 10.4 Å². The minimum Gasteiger partial charge on any atom is -0.497 e. The maximum absolute atomic E-state index is 10.8. The number of hydrogen-bond donors (Lipinski definition) is 1. The minimum absolute atomic E-state index is 0.149. The van der Waals surface area contributed by atoms with Gasteiger partial charge >= 0.3 is 5.97 Å². The van der Waals surface area contributed by atoms with E-state index in [0.717, 1.165) is 5.56 Å². The van der Waals surface area contributed by atoms with Gasteiger partial charge in [-0.1, -0.05) is 0 Å². The molecule has 0 aliphatic carbocycles. The summed E-state index contributed by atoms with van der Waals surface area (Å²) in [6.45, 7) is 0. The maximum Gasteiger partial charge on any atom is 0.337 e. The van der Waals surface area contributed by atoms with E-state index in [0.29, 0.717) is 17.2 Å². The fourth-order valence-corrected chi connectivity index (χ4v) is 1.69. The number of ether oxygens (including phenoxy) is 2. The molecule has 0 fully saturated rings. The first kappa shape index (κ1) is 12.9. The third-order valence-electron chi connectivity index (χ3n) is 2.70. The molecule has 2 aromatic rings. The molecule has 0 unspecified atom stereocenters. The largest absolute Gasteiger partial charge is 0.497 e. The predicted molar refractivity (Wildman–Crippen MR) is 69.7 cm³/mol. The molecule has 0 radical (unpaired) electrons. The summed E-state index contributed by atoms with van der Waals surface area (Å²) in [5.41, 5.74) is 1.57. The number of carbonyl (C=O) groups is 1. The van der Waals surface area contributed by atoms with Crippen LogP contribution in [0.25, 0.3) is 11.3 Å². The summed E-state index contributed by atoms with van der Waals surface area (Å²) in [4.78, 5) is 14.9. The Morgan fingerprint density at radius 3 is 2.47 bits per heavy atom. The molecule has 0 aliphatic heterocycles. The molecule has 19 heavy (non-hydrogen) atoms. The lowest BCUT2D eigenvalue weighted by Crippen LogP contribution is -1.98. The molecule has 1 aromatic carbocycles. The second-order valence-corrected chi connectivity index (χ2v) is 3.80. The highest BCUT2D eigenvalue weighted by atomic mass is 16.5. The fraction of sp³-hybridized carbons (Fsp3) is 0.143. The SMILES string of the molecule is COc1ccc(-c2ccc(C(=O)O)cn2)c(OC)c1. The van der Waals surface area contributed by atoms with Crippen molar-refractivity contribution in [2.75, 3.05) is 14.2 Å². The molecule has 1 N–H and O–H groups in total. The van der Waals surface area contributed by atoms with E-state index >= 15 is 0 Å². The third-order valence-corrected chi connectivity index (χ3v) is 2.70. The first-order valence-corrected chi connectivity index (χ1v) is 5.57. The molecule has 0 amide bonds. The van der Waals surface area contributed by atoms with Crippen LogP contribution in [0.5, 0.6) is 11.5 Å². The molecule has 2 rings (SSSR count). The highest BCUT2D eigenvalue weighted by molar-refractivity contribution is 5.87. The van der Waals surface area contributed by atoms with Gasteiger partial charge in [0.1, 0.15) is 11.5 Å². The van der Waals surface area contributed by atoms with E-state index in [4.69, 9.17) is 14.6 Å². The molecule has 0 saturated heterocycles. The second kappa shape index (κ2) is 5.39. The van der Waals surface area contributed by atoms with Crippen molar-refractivity contribution < 1.29 is 19.4 Å². The van der Waals surface area contributed by atoms with Crippen molar-refractivity contribution in [3.63, 3.8) is 0 Å². The summed E-state index contributed by atoms with van der Waals surface area (Å²) < 4.78 is 10.4. The van der Waals surface area contributed by atoms with Gasteiger partial charge in [-0.15, -0.1) is 0 Å². The monoisotopic (exact) mass is 259 g/mol. The summed E-state index contributed by atoms with van der Waals surface area (Å²) in [6, 6.07) is 8.52. The van der Waals surface area contributed by atoms with E-state index in [1.807, 2.05) is 6.07 Å². The van der Waals surface area contributed by atoms with Crippen molar-refractivity contribution in [2.24, 2.45) is 0 Å². The lowest BCUT2D eigenvalue weighted by Gasteiger charge is -2.10. The Labute approximate surface area is 110 Å². The summed E-state index contributed by atoms with van der Waals surface area (Å²) in [7, 11) is 3.14. The highest BCUT2D eigenvalue weighted by Crippen LogP contribution is 2.32. The standard InChI is InChI=1S/C14H13NO4/c1-18-10-4-5-11(13(7-10)19-2)12-6-3-9(8-15-12)14(16)17/h3-8H,1-2H3,(H,16,17). The number of hydrogen-bond acceptors (Lipinski definition) is 4. The number of pyridine rings is 1. The van der Waals surface area contributed by atoms with Gasteiger partial charge in [0.15, 0.2) is 0 Å². The lowest BCUT2D eigenvalue weighted by atomic mass is 10.1. The molecule has 1 heterocycles. The van der Waals surface area contributed by atoms with Crippen molar-refractivity contribution in [3.8, 4) is 22.8 Å². The Bertz CT molecular complexity index is 593. The number of aromatic nitrogens is 1. The van der Waals surface area contributed by atoms with Crippen molar-refractivity contribution in [2.45, 2.75) is 0 Å². The van der Waals surface area contributed by atoms with Crippen molar-refractivity contribution >= 4 is 5.97 Å². The molecule has 0 bridgehead atoms.